The maximum Gasteiger partial charge on any atom is 0.325 e. The predicted molar refractivity (Wildman–Crippen MR) is 93.5 cm³/mol. The lowest BCUT2D eigenvalue weighted by molar-refractivity contribution is -0.140. The summed E-state index contributed by atoms with van der Waals surface area (Å²) in [4.78, 5) is 35.6. The number of hydrogen-bond donors (Lipinski definition) is 3. The predicted octanol–water partition coefficient (Wildman–Crippen LogP) is 2.40. The second-order valence-electron chi connectivity index (χ2n) is 5.07. The average Bonchev–Trinajstić information content (AvgIpc) is 3.07. The van der Waals surface area contributed by atoms with Crippen molar-refractivity contribution in [3.63, 3.8) is 0 Å². The summed E-state index contributed by atoms with van der Waals surface area (Å²) in [5.41, 5.74) is 0.201. The van der Waals surface area contributed by atoms with Crippen LogP contribution in [0.1, 0.15) is 23.0 Å². The molecule has 1 atom stereocenters. The molecule has 1 aromatic heterocycles. The van der Waals surface area contributed by atoms with E-state index in [9.17, 15) is 14.4 Å². The Morgan fingerprint density at radius 1 is 1.24 bits per heavy atom. The summed E-state index contributed by atoms with van der Waals surface area (Å²) in [6.07, 6.45) is 2.73. The molecule has 25 heavy (non-hydrogen) atoms. The molecule has 1 aromatic carbocycles. The van der Waals surface area contributed by atoms with E-state index in [1.54, 1.807) is 36.4 Å². The maximum absolute atomic E-state index is 12.4. The molecule has 130 valence electrons. The van der Waals surface area contributed by atoms with Crippen LogP contribution < -0.4 is 10.6 Å². The monoisotopic (exact) mass is 406 g/mol. The van der Waals surface area contributed by atoms with E-state index in [-0.39, 0.29) is 5.70 Å². The van der Waals surface area contributed by atoms with Gasteiger partial charge in [0.25, 0.3) is 11.8 Å². The lowest BCUT2D eigenvalue weighted by Crippen LogP contribution is -2.42. The Kier molecular flexibility index (Phi) is 6.13. The second-order valence-corrected chi connectivity index (χ2v) is 5.99. The maximum atomic E-state index is 12.4. The standard InChI is InChI=1S/C17H15BrN2O5/c1-10(17(23)24)19-16(22)14(9-13-6-3-7-25-13)20-15(21)11-4-2-5-12(18)8-11/h2-10H,1H3,(H,19,22)(H,20,21)(H,23,24). The molecule has 2 rings (SSSR count). The van der Waals surface area contributed by atoms with Gasteiger partial charge in [0.2, 0.25) is 0 Å². The molecule has 0 radical (unpaired) electrons. The summed E-state index contributed by atoms with van der Waals surface area (Å²) in [7, 11) is 0. The molecule has 1 unspecified atom stereocenters. The number of carboxylic acid groups (broad SMARTS) is 1. The third kappa shape index (κ3) is 5.32. The highest BCUT2D eigenvalue weighted by atomic mass is 79.9. The number of carboxylic acids is 1. The minimum Gasteiger partial charge on any atom is -0.480 e. The molecular formula is C17H15BrN2O5. The molecule has 0 aliphatic carbocycles. The average molecular weight is 407 g/mol. The first-order chi connectivity index (χ1) is 11.9. The Morgan fingerprint density at radius 2 is 2.00 bits per heavy atom. The van der Waals surface area contributed by atoms with Gasteiger partial charge < -0.3 is 20.2 Å². The van der Waals surface area contributed by atoms with Gasteiger partial charge in [-0.1, -0.05) is 22.0 Å². The van der Waals surface area contributed by atoms with Crippen molar-refractivity contribution >= 4 is 39.8 Å². The van der Waals surface area contributed by atoms with Crippen LogP contribution in [0.5, 0.6) is 0 Å². The lowest BCUT2D eigenvalue weighted by atomic mass is 10.2. The Bertz CT molecular complexity index is 814. The van der Waals surface area contributed by atoms with Crippen molar-refractivity contribution in [2.45, 2.75) is 13.0 Å². The fourth-order valence-corrected chi connectivity index (χ4v) is 2.23. The first-order valence-electron chi connectivity index (χ1n) is 7.22. The zero-order valence-electron chi connectivity index (χ0n) is 13.2. The summed E-state index contributed by atoms with van der Waals surface area (Å²) in [5, 5.41) is 13.7. The molecule has 0 aliphatic rings. The molecule has 0 aliphatic heterocycles. The summed E-state index contributed by atoms with van der Waals surface area (Å²) in [6, 6.07) is 8.73. The molecular weight excluding hydrogens is 392 g/mol. The first-order valence-corrected chi connectivity index (χ1v) is 8.02. The van der Waals surface area contributed by atoms with Gasteiger partial charge in [0.1, 0.15) is 17.5 Å². The number of furan rings is 1. The van der Waals surface area contributed by atoms with E-state index in [0.717, 1.165) is 0 Å². The number of nitrogens with one attached hydrogen (secondary N) is 2. The van der Waals surface area contributed by atoms with Gasteiger partial charge in [-0.15, -0.1) is 0 Å². The van der Waals surface area contributed by atoms with Gasteiger partial charge in [-0.05, 0) is 37.3 Å². The summed E-state index contributed by atoms with van der Waals surface area (Å²) in [5.74, 6) is -2.11. The number of carbonyl (C=O) groups is 3. The molecule has 2 aromatic rings. The van der Waals surface area contributed by atoms with Crippen molar-refractivity contribution < 1.29 is 23.9 Å². The van der Waals surface area contributed by atoms with Crippen molar-refractivity contribution in [3.05, 3.63) is 64.2 Å². The first kappa shape index (κ1) is 18.5. The van der Waals surface area contributed by atoms with Crippen molar-refractivity contribution in [2.75, 3.05) is 0 Å². The van der Waals surface area contributed by atoms with Crippen LogP contribution >= 0.6 is 15.9 Å². The SMILES string of the molecule is CC(NC(=O)C(=Cc1ccco1)NC(=O)c1cccc(Br)c1)C(=O)O. The molecule has 1 heterocycles. The van der Waals surface area contributed by atoms with E-state index in [1.165, 1.54) is 19.3 Å². The van der Waals surface area contributed by atoms with E-state index >= 15 is 0 Å². The van der Waals surface area contributed by atoms with E-state index < -0.39 is 23.8 Å². The summed E-state index contributed by atoms with van der Waals surface area (Å²) >= 11 is 3.27. The van der Waals surface area contributed by atoms with Crippen LogP contribution in [-0.2, 0) is 9.59 Å². The van der Waals surface area contributed by atoms with Gasteiger partial charge in [0.15, 0.2) is 0 Å². The Balaban J connectivity index is 2.24. The van der Waals surface area contributed by atoms with Crippen LogP contribution in [0.15, 0.2) is 57.2 Å². The van der Waals surface area contributed by atoms with Crippen molar-refractivity contribution in [1.29, 1.82) is 0 Å². The van der Waals surface area contributed by atoms with Crippen LogP contribution in [0.4, 0.5) is 0 Å². The van der Waals surface area contributed by atoms with Gasteiger partial charge in [0, 0.05) is 16.1 Å². The van der Waals surface area contributed by atoms with Crippen LogP contribution in [0.3, 0.4) is 0 Å². The topological polar surface area (TPSA) is 109 Å². The Morgan fingerprint density at radius 3 is 2.60 bits per heavy atom. The third-order valence-corrected chi connectivity index (χ3v) is 3.62. The highest BCUT2D eigenvalue weighted by Gasteiger charge is 2.20. The number of rotatable bonds is 6. The number of aliphatic carboxylic acids is 1. The molecule has 0 saturated heterocycles. The lowest BCUT2D eigenvalue weighted by Gasteiger charge is -2.13. The number of hydrogen-bond acceptors (Lipinski definition) is 4. The highest BCUT2D eigenvalue weighted by molar-refractivity contribution is 9.10. The fourth-order valence-electron chi connectivity index (χ4n) is 1.83. The minimum atomic E-state index is -1.19. The number of halogens is 1. The van der Waals surface area contributed by atoms with Crippen LogP contribution in [-0.4, -0.2) is 28.9 Å². The van der Waals surface area contributed by atoms with Gasteiger partial charge in [-0.3, -0.25) is 14.4 Å². The summed E-state index contributed by atoms with van der Waals surface area (Å²) < 4.78 is 5.85. The van der Waals surface area contributed by atoms with Gasteiger partial charge in [0.05, 0.1) is 6.26 Å². The minimum absolute atomic E-state index is 0.131. The van der Waals surface area contributed by atoms with E-state index in [1.807, 2.05) is 0 Å². The van der Waals surface area contributed by atoms with Crippen molar-refractivity contribution in [2.24, 2.45) is 0 Å². The quantitative estimate of drug-likeness (QED) is 0.638. The van der Waals surface area contributed by atoms with Gasteiger partial charge >= 0.3 is 5.97 Å². The fraction of sp³-hybridized carbons (Fsp3) is 0.118. The molecule has 0 bridgehead atoms. The molecule has 8 heteroatoms. The third-order valence-electron chi connectivity index (χ3n) is 3.13. The van der Waals surface area contributed by atoms with Crippen LogP contribution in [0.25, 0.3) is 6.08 Å². The van der Waals surface area contributed by atoms with E-state index in [0.29, 0.717) is 15.8 Å². The normalized spacial score (nSPS) is 12.3. The van der Waals surface area contributed by atoms with E-state index in [4.69, 9.17) is 9.52 Å². The number of carbonyl (C=O) groups excluding carboxylic acids is 2. The zero-order chi connectivity index (χ0) is 18.4. The molecule has 7 nitrogen and oxygen atoms in total. The Labute approximate surface area is 151 Å². The number of amides is 2. The van der Waals surface area contributed by atoms with E-state index in [2.05, 4.69) is 26.6 Å². The van der Waals surface area contributed by atoms with Gasteiger partial charge in [-0.2, -0.15) is 0 Å². The van der Waals surface area contributed by atoms with Crippen molar-refractivity contribution in [3.8, 4) is 0 Å². The molecule has 0 fully saturated rings. The summed E-state index contributed by atoms with van der Waals surface area (Å²) in [6.45, 7) is 1.32. The molecule has 0 spiro atoms. The molecule has 0 saturated carbocycles. The van der Waals surface area contributed by atoms with Crippen LogP contribution in [0, 0.1) is 0 Å². The largest absolute Gasteiger partial charge is 0.480 e. The molecule has 3 N–H and O–H groups in total. The second kappa shape index (κ2) is 8.29. The van der Waals surface area contributed by atoms with Gasteiger partial charge in [-0.25, -0.2) is 0 Å². The van der Waals surface area contributed by atoms with Crippen LogP contribution in [0.2, 0.25) is 0 Å². The Hall–Kier alpha value is -2.87. The zero-order valence-corrected chi connectivity index (χ0v) is 14.7. The highest BCUT2D eigenvalue weighted by Crippen LogP contribution is 2.13. The van der Waals surface area contributed by atoms with Crippen molar-refractivity contribution in [1.82, 2.24) is 10.6 Å². The smallest absolute Gasteiger partial charge is 0.325 e. The molecule has 2 amide bonds. The number of benzene rings is 1.